The summed E-state index contributed by atoms with van der Waals surface area (Å²) in [6.45, 7) is 0. The minimum atomic E-state index is 0.918. The van der Waals surface area contributed by atoms with Crippen LogP contribution in [0, 0.1) is 0 Å². The fourth-order valence-corrected chi connectivity index (χ4v) is 7.46. The maximum atomic E-state index is 5.51. The second kappa shape index (κ2) is 8.79. The smallest absolute Gasteiger partial charge is 0.138 e. The van der Waals surface area contributed by atoms with Gasteiger partial charge in [0.15, 0.2) is 0 Å². The predicted molar refractivity (Wildman–Crippen MR) is 185 cm³/mol. The van der Waals surface area contributed by atoms with Gasteiger partial charge in [-0.2, -0.15) is 0 Å². The van der Waals surface area contributed by atoms with Gasteiger partial charge in [-0.3, -0.25) is 4.57 Å². The third kappa shape index (κ3) is 3.08. The highest BCUT2D eigenvalue weighted by Crippen LogP contribution is 2.42. The van der Waals surface area contributed by atoms with E-state index in [0.29, 0.717) is 0 Å². The average molecular weight is 560 g/mol. The number of hydrogen-bond acceptors (Lipinski definition) is 1. The Morgan fingerprint density at radius 1 is 0.318 bits per heavy atom. The molecule has 3 heterocycles. The van der Waals surface area contributed by atoms with Crippen LogP contribution in [-0.4, -0.2) is 14.1 Å². The summed E-state index contributed by atoms with van der Waals surface area (Å²) in [6, 6.07) is 54.6. The van der Waals surface area contributed by atoms with Crippen molar-refractivity contribution in [3.05, 3.63) is 152 Å². The van der Waals surface area contributed by atoms with E-state index in [2.05, 4.69) is 161 Å². The van der Waals surface area contributed by atoms with E-state index < -0.39 is 0 Å². The van der Waals surface area contributed by atoms with Gasteiger partial charge in [0.1, 0.15) is 5.82 Å². The van der Waals surface area contributed by atoms with Gasteiger partial charge in [-0.1, -0.05) is 115 Å². The molecule has 0 atom stereocenters. The molecule has 0 aliphatic heterocycles. The van der Waals surface area contributed by atoms with Gasteiger partial charge in [0, 0.05) is 38.0 Å². The summed E-state index contributed by atoms with van der Waals surface area (Å²) in [6.07, 6.45) is 0. The van der Waals surface area contributed by atoms with Crippen LogP contribution in [0.1, 0.15) is 0 Å². The molecule has 0 spiro atoms. The van der Waals surface area contributed by atoms with Crippen LogP contribution in [0.4, 0.5) is 0 Å². The Labute approximate surface area is 252 Å². The first-order valence-corrected chi connectivity index (χ1v) is 15.1. The SMILES string of the molecule is c1ccc(-n2c3ccccc3c3ccc4c5ccccc5n(-c5ccc6c7ccccc7c7ccccc7c6n5)c4c32)cc1. The number of para-hydroxylation sites is 3. The van der Waals surface area contributed by atoms with Gasteiger partial charge >= 0.3 is 0 Å². The summed E-state index contributed by atoms with van der Waals surface area (Å²) in [5.41, 5.74) is 6.88. The number of fused-ring (bicyclic) bond motifs is 13. The lowest BCUT2D eigenvalue weighted by atomic mass is 9.97. The van der Waals surface area contributed by atoms with Crippen LogP contribution in [0.15, 0.2) is 152 Å². The fraction of sp³-hybridized carbons (Fsp3) is 0. The summed E-state index contributed by atoms with van der Waals surface area (Å²) < 4.78 is 4.81. The van der Waals surface area contributed by atoms with E-state index in [9.17, 15) is 0 Å². The number of aromatic nitrogens is 3. The fourth-order valence-electron chi connectivity index (χ4n) is 7.46. The lowest BCUT2D eigenvalue weighted by Crippen LogP contribution is -2.01. The minimum absolute atomic E-state index is 0.918. The topological polar surface area (TPSA) is 22.8 Å². The quantitative estimate of drug-likeness (QED) is 0.193. The van der Waals surface area contributed by atoms with Crippen LogP contribution >= 0.6 is 0 Å². The molecule has 0 fully saturated rings. The molecule has 204 valence electrons. The predicted octanol–water partition coefficient (Wildman–Crippen LogP) is 10.7. The normalized spacial score (nSPS) is 12.1. The van der Waals surface area contributed by atoms with Crippen molar-refractivity contribution in [2.45, 2.75) is 0 Å². The molecule has 3 aromatic heterocycles. The molecular weight excluding hydrogens is 534 g/mol. The van der Waals surface area contributed by atoms with Crippen LogP contribution in [-0.2, 0) is 0 Å². The summed E-state index contributed by atoms with van der Waals surface area (Å²) >= 11 is 0. The molecular formula is C41H25N3. The van der Waals surface area contributed by atoms with Gasteiger partial charge in [-0.05, 0) is 52.6 Å². The molecule has 0 aliphatic rings. The molecule has 7 aromatic carbocycles. The second-order valence-electron chi connectivity index (χ2n) is 11.6. The first-order valence-electron chi connectivity index (χ1n) is 15.1. The third-order valence-corrected chi connectivity index (χ3v) is 9.28. The third-order valence-electron chi connectivity index (χ3n) is 9.28. The zero-order valence-electron chi connectivity index (χ0n) is 23.8. The van der Waals surface area contributed by atoms with Crippen molar-refractivity contribution < 1.29 is 0 Å². The monoisotopic (exact) mass is 559 g/mol. The second-order valence-corrected chi connectivity index (χ2v) is 11.6. The first kappa shape index (κ1) is 23.6. The number of nitrogens with zero attached hydrogens (tertiary/aromatic N) is 3. The van der Waals surface area contributed by atoms with Gasteiger partial charge in [-0.25, -0.2) is 4.98 Å². The van der Waals surface area contributed by atoms with Crippen molar-refractivity contribution in [1.29, 1.82) is 0 Å². The molecule has 44 heavy (non-hydrogen) atoms. The summed E-state index contributed by atoms with van der Waals surface area (Å²) in [7, 11) is 0. The Balaban J connectivity index is 1.42. The van der Waals surface area contributed by atoms with E-state index in [1.807, 2.05) is 0 Å². The van der Waals surface area contributed by atoms with Crippen molar-refractivity contribution in [2.24, 2.45) is 0 Å². The molecule has 0 saturated heterocycles. The lowest BCUT2D eigenvalue weighted by molar-refractivity contribution is 1.10. The lowest BCUT2D eigenvalue weighted by Gasteiger charge is -2.14. The molecule has 0 N–H and O–H groups in total. The van der Waals surface area contributed by atoms with Crippen LogP contribution < -0.4 is 0 Å². The molecule has 0 radical (unpaired) electrons. The number of benzene rings is 7. The van der Waals surface area contributed by atoms with E-state index in [4.69, 9.17) is 4.98 Å². The first-order chi connectivity index (χ1) is 21.9. The molecule has 10 rings (SSSR count). The molecule has 0 aliphatic carbocycles. The van der Waals surface area contributed by atoms with E-state index in [-0.39, 0.29) is 0 Å². The van der Waals surface area contributed by atoms with Crippen molar-refractivity contribution >= 4 is 76.1 Å². The number of hydrogen-bond donors (Lipinski definition) is 0. The Morgan fingerprint density at radius 3 is 1.39 bits per heavy atom. The van der Waals surface area contributed by atoms with Crippen LogP contribution in [0.25, 0.3) is 87.6 Å². The van der Waals surface area contributed by atoms with Crippen LogP contribution in [0.5, 0.6) is 0 Å². The Hall–Kier alpha value is -5.93. The Morgan fingerprint density at radius 2 is 0.750 bits per heavy atom. The molecule has 0 saturated carbocycles. The maximum Gasteiger partial charge on any atom is 0.138 e. The zero-order valence-corrected chi connectivity index (χ0v) is 23.8. The highest BCUT2D eigenvalue weighted by molar-refractivity contribution is 6.25. The van der Waals surface area contributed by atoms with Crippen molar-refractivity contribution in [1.82, 2.24) is 14.1 Å². The molecule has 3 nitrogen and oxygen atoms in total. The van der Waals surface area contributed by atoms with Crippen molar-refractivity contribution in [3.8, 4) is 11.5 Å². The zero-order chi connectivity index (χ0) is 28.8. The van der Waals surface area contributed by atoms with Gasteiger partial charge in [-0.15, -0.1) is 0 Å². The molecule has 0 amide bonds. The molecule has 0 bridgehead atoms. The molecule has 10 aromatic rings. The standard InChI is InChI=1S/C41H25N3/c1-2-12-26(13-3-1)43-36-20-10-8-17-30(36)34-22-23-35-31-18-9-11-21-37(31)44(41(35)40(34)43)38-25-24-33-29-16-5-4-14-27(29)28-15-6-7-19-32(28)39(33)42-38/h1-25H. The summed E-state index contributed by atoms with van der Waals surface area (Å²) in [5, 5.41) is 11.0. The summed E-state index contributed by atoms with van der Waals surface area (Å²) in [5.74, 6) is 0.918. The van der Waals surface area contributed by atoms with Gasteiger partial charge < -0.3 is 4.57 Å². The largest absolute Gasteiger partial charge is 0.307 e. The van der Waals surface area contributed by atoms with Crippen LogP contribution in [0.2, 0.25) is 0 Å². The van der Waals surface area contributed by atoms with Gasteiger partial charge in [0.05, 0.1) is 27.6 Å². The maximum absolute atomic E-state index is 5.51. The number of rotatable bonds is 2. The van der Waals surface area contributed by atoms with Crippen molar-refractivity contribution in [2.75, 3.05) is 0 Å². The Kier molecular flexibility index (Phi) is 4.72. The van der Waals surface area contributed by atoms with Gasteiger partial charge in [0.2, 0.25) is 0 Å². The highest BCUT2D eigenvalue weighted by atomic mass is 15.1. The average Bonchev–Trinajstić information content (AvgIpc) is 3.62. The minimum Gasteiger partial charge on any atom is -0.307 e. The Bertz CT molecular complexity index is 2730. The highest BCUT2D eigenvalue weighted by Gasteiger charge is 2.22. The molecule has 0 unspecified atom stereocenters. The van der Waals surface area contributed by atoms with Gasteiger partial charge in [0.25, 0.3) is 0 Å². The molecule has 3 heteroatoms. The van der Waals surface area contributed by atoms with E-state index in [1.54, 1.807) is 0 Å². The van der Waals surface area contributed by atoms with E-state index in [1.165, 1.54) is 65.0 Å². The number of pyridine rings is 1. The van der Waals surface area contributed by atoms with Crippen molar-refractivity contribution in [3.63, 3.8) is 0 Å². The van der Waals surface area contributed by atoms with Crippen LogP contribution in [0.3, 0.4) is 0 Å². The van der Waals surface area contributed by atoms with E-state index in [0.717, 1.165) is 22.5 Å². The van der Waals surface area contributed by atoms with E-state index >= 15 is 0 Å². The summed E-state index contributed by atoms with van der Waals surface area (Å²) in [4.78, 5) is 5.51.